The van der Waals surface area contributed by atoms with Crippen LogP contribution in [0.5, 0.6) is 0 Å². The Morgan fingerprint density at radius 1 is 1.42 bits per heavy atom. The molecule has 5 nitrogen and oxygen atoms in total. The Morgan fingerprint density at radius 3 is 3.17 bits per heavy atom. The van der Waals surface area contributed by atoms with Crippen molar-refractivity contribution in [2.24, 2.45) is 0 Å². The second-order valence-corrected chi connectivity index (χ2v) is 7.94. The van der Waals surface area contributed by atoms with E-state index in [4.69, 9.17) is 4.74 Å². The first-order chi connectivity index (χ1) is 11.7. The molecule has 1 aromatic carbocycles. The van der Waals surface area contributed by atoms with Gasteiger partial charge in [-0.2, -0.15) is 0 Å². The molecule has 1 aromatic heterocycles. The molecule has 3 atom stereocenters. The van der Waals surface area contributed by atoms with E-state index in [1.54, 1.807) is 11.3 Å². The highest BCUT2D eigenvalue weighted by atomic mass is 32.1. The molecule has 2 aromatic rings. The minimum absolute atomic E-state index is 0.132. The van der Waals surface area contributed by atoms with E-state index < -0.39 is 0 Å². The van der Waals surface area contributed by atoms with Crippen molar-refractivity contribution in [1.29, 1.82) is 0 Å². The van der Waals surface area contributed by atoms with E-state index in [1.165, 1.54) is 4.70 Å². The third-order valence-electron chi connectivity index (χ3n) is 4.86. The van der Waals surface area contributed by atoms with E-state index >= 15 is 0 Å². The molecule has 4 rings (SSSR count). The molecule has 0 radical (unpaired) electrons. The van der Waals surface area contributed by atoms with Crippen molar-refractivity contribution in [2.45, 2.75) is 44.4 Å². The summed E-state index contributed by atoms with van der Waals surface area (Å²) < 4.78 is 6.91. The van der Waals surface area contributed by atoms with Crippen molar-refractivity contribution >= 4 is 27.5 Å². The van der Waals surface area contributed by atoms with Gasteiger partial charge in [-0.25, -0.2) is 4.98 Å². The molecule has 128 valence electrons. The van der Waals surface area contributed by atoms with Crippen molar-refractivity contribution in [1.82, 2.24) is 15.2 Å². The summed E-state index contributed by atoms with van der Waals surface area (Å²) in [7, 11) is 0. The number of fused-ring (bicyclic) bond motifs is 2. The van der Waals surface area contributed by atoms with Gasteiger partial charge in [0.1, 0.15) is 0 Å². The molecule has 6 heteroatoms. The predicted molar refractivity (Wildman–Crippen MR) is 95.3 cm³/mol. The average Bonchev–Trinajstić information content (AvgIpc) is 3.15. The van der Waals surface area contributed by atoms with E-state index in [-0.39, 0.29) is 11.9 Å². The molecule has 0 saturated carbocycles. The monoisotopic (exact) mass is 345 g/mol. The van der Waals surface area contributed by atoms with E-state index in [0.29, 0.717) is 25.0 Å². The van der Waals surface area contributed by atoms with Gasteiger partial charge < -0.3 is 10.1 Å². The maximum Gasteiger partial charge on any atom is 0.220 e. The molecule has 2 aliphatic rings. The first-order valence-electron chi connectivity index (χ1n) is 8.67. The molecule has 0 aliphatic carbocycles. The van der Waals surface area contributed by atoms with Gasteiger partial charge in [0.2, 0.25) is 5.91 Å². The summed E-state index contributed by atoms with van der Waals surface area (Å²) in [6.07, 6.45) is 2.52. The molecule has 2 aliphatic heterocycles. The normalized spacial score (nSPS) is 27.3. The second kappa shape index (κ2) is 6.78. The summed E-state index contributed by atoms with van der Waals surface area (Å²) in [5.41, 5.74) is 1.03. The number of rotatable bonds is 4. The maximum atomic E-state index is 12.3. The number of benzene rings is 1. The summed E-state index contributed by atoms with van der Waals surface area (Å²) in [6, 6.07) is 8.85. The van der Waals surface area contributed by atoms with Crippen molar-refractivity contribution in [3.8, 4) is 0 Å². The molecule has 24 heavy (non-hydrogen) atoms. The summed E-state index contributed by atoms with van der Waals surface area (Å²) in [4.78, 5) is 19.3. The minimum atomic E-state index is 0.132. The number of nitrogens with zero attached hydrogens (tertiary/aromatic N) is 2. The van der Waals surface area contributed by atoms with Gasteiger partial charge in [0.25, 0.3) is 0 Å². The number of aryl methyl sites for hydroxylation is 1. The van der Waals surface area contributed by atoms with Gasteiger partial charge in [0, 0.05) is 38.0 Å². The number of thiazole rings is 1. The fourth-order valence-corrected chi connectivity index (χ4v) is 4.66. The van der Waals surface area contributed by atoms with Gasteiger partial charge in [-0.3, -0.25) is 9.69 Å². The van der Waals surface area contributed by atoms with Crippen molar-refractivity contribution in [3.63, 3.8) is 0 Å². The number of nitrogens with one attached hydrogen (secondary N) is 1. The Balaban J connectivity index is 1.28. The van der Waals surface area contributed by atoms with Crippen LogP contribution >= 0.6 is 11.3 Å². The number of amides is 1. The molecule has 1 amide bonds. The highest BCUT2D eigenvalue weighted by Gasteiger charge is 2.36. The summed E-state index contributed by atoms with van der Waals surface area (Å²) in [5.74, 6) is 0.132. The van der Waals surface area contributed by atoms with Gasteiger partial charge in [-0.1, -0.05) is 12.1 Å². The zero-order valence-electron chi connectivity index (χ0n) is 13.9. The lowest BCUT2D eigenvalue weighted by Gasteiger charge is -2.33. The molecular weight excluding hydrogens is 322 g/mol. The first kappa shape index (κ1) is 16.0. The lowest BCUT2D eigenvalue weighted by molar-refractivity contribution is -0.121. The van der Waals surface area contributed by atoms with Gasteiger partial charge >= 0.3 is 0 Å². The molecule has 0 spiro atoms. The highest BCUT2D eigenvalue weighted by molar-refractivity contribution is 7.18. The molecule has 3 heterocycles. The minimum Gasteiger partial charge on any atom is -0.376 e. The zero-order chi connectivity index (χ0) is 16.5. The van der Waals surface area contributed by atoms with Gasteiger partial charge in [0.05, 0.1) is 27.9 Å². The number of carbonyl (C=O) groups is 1. The average molecular weight is 345 g/mol. The van der Waals surface area contributed by atoms with E-state index in [9.17, 15) is 4.79 Å². The van der Waals surface area contributed by atoms with Crippen LogP contribution in [0, 0.1) is 0 Å². The molecule has 2 saturated heterocycles. The van der Waals surface area contributed by atoms with Crippen LogP contribution < -0.4 is 5.32 Å². The number of hydrogen-bond acceptors (Lipinski definition) is 5. The van der Waals surface area contributed by atoms with Crippen molar-refractivity contribution in [2.75, 3.05) is 19.7 Å². The quantitative estimate of drug-likeness (QED) is 0.923. The molecule has 1 N–H and O–H groups in total. The molecule has 0 bridgehead atoms. The number of aromatic nitrogens is 1. The predicted octanol–water partition coefficient (Wildman–Crippen LogP) is 2.21. The topological polar surface area (TPSA) is 54.5 Å². The van der Waals surface area contributed by atoms with Crippen LogP contribution in [0.25, 0.3) is 10.2 Å². The third kappa shape index (κ3) is 3.45. The zero-order valence-corrected chi connectivity index (χ0v) is 14.7. The Kier molecular flexibility index (Phi) is 4.52. The van der Waals surface area contributed by atoms with Crippen LogP contribution in [0.1, 0.15) is 24.8 Å². The smallest absolute Gasteiger partial charge is 0.220 e. The number of morpholine rings is 1. The molecule has 0 unspecified atom stereocenters. The van der Waals surface area contributed by atoms with Gasteiger partial charge in [-0.05, 0) is 25.5 Å². The number of carbonyl (C=O) groups excluding carboxylic acids is 1. The number of para-hydroxylation sites is 1. The number of hydrogen-bond donors (Lipinski definition) is 1. The van der Waals surface area contributed by atoms with Crippen LogP contribution in [-0.2, 0) is 16.0 Å². The fourth-order valence-electron chi connectivity index (χ4n) is 3.69. The van der Waals surface area contributed by atoms with E-state index in [2.05, 4.69) is 28.2 Å². The van der Waals surface area contributed by atoms with Crippen LogP contribution in [0.15, 0.2) is 24.3 Å². The van der Waals surface area contributed by atoms with Gasteiger partial charge in [-0.15, -0.1) is 11.3 Å². The Morgan fingerprint density at radius 2 is 2.29 bits per heavy atom. The SMILES string of the molecule is C[C@H]1CN2C[C@@H](NC(=O)CCc3nc4ccccc4s3)C[C@H]2CO1. The lowest BCUT2D eigenvalue weighted by atomic mass is 10.1. The van der Waals surface area contributed by atoms with Crippen LogP contribution in [0.2, 0.25) is 0 Å². The van der Waals surface area contributed by atoms with Crippen molar-refractivity contribution in [3.05, 3.63) is 29.3 Å². The largest absolute Gasteiger partial charge is 0.376 e. The molecule has 2 fully saturated rings. The maximum absolute atomic E-state index is 12.3. The summed E-state index contributed by atoms with van der Waals surface area (Å²) in [6.45, 7) is 4.83. The van der Waals surface area contributed by atoms with Crippen LogP contribution in [0.3, 0.4) is 0 Å². The van der Waals surface area contributed by atoms with Crippen LogP contribution in [-0.4, -0.2) is 53.7 Å². The molecular formula is C18H23N3O2S. The first-order valence-corrected chi connectivity index (χ1v) is 9.48. The number of ether oxygens (including phenoxy) is 1. The summed E-state index contributed by atoms with van der Waals surface area (Å²) >= 11 is 1.68. The lowest BCUT2D eigenvalue weighted by Crippen LogP contribution is -2.45. The Hall–Kier alpha value is -1.50. The van der Waals surface area contributed by atoms with E-state index in [1.807, 2.05) is 18.2 Å². The Labute approximate surface area is 146 Å². The second-order valence-electron chi connectivity index (χ2n) is 6.83. The van der Waals surface area contributed by atoms with E-state index in [0.717, 1.165) is 36.6 Å². The van der Waals surface area contributed by atoms with Crippen LogP contribution in [0.4, 0.5) is 0 Å². The fraction of sp³-hybridized carbons (Fsp3) is 0.556. The third-order valence-corrected chi connectivity index (χ3v) is 5.96. The summed E-state index contributed by atoms with van der Waals surface area (Å²) in [5, 5.41) is 4.23. The Bertz CT molecular complexity index is 699. The van der Waals surface area contributed by atoms with Gasteiger partial charge in [0.15, 0.2) is 0 Å². The standard InChI is InChI=1S/C18H23N3O2S/c1-12-9-21-10-13(8-14(21)11-23-12)19-17(22)6-7-18-20-15-4-2-3-5-16(15)24-18/h2-5,12-14H,6-11H2,1H3,(H,19,22)/t12-,13-,14-/m0/s1. The highest BCUT2D eigenvalue weighted by Crippen LogP contribution is 2.24. The van der Waals surface area contributed by atoms with Crippen molar-refractivity contribution < 1.29 is 9.53 Å².